The Morgan fingerprint density at radius 1 is 1.50 bits per heavy atom. The van der Waals surface area contributed by atoms with Gasteiger partial charge in [0.25, 0.3) is 0 Å². The third-order valence-electron chi connectivity index (χ3n) is 2.05. The molecule has 2 heterocycles. The van der Waals surface area contributed by atoms with Gasteiger partial charge in [0.1, 0.15) is 0 Å². The van der Waals surface area contributed by atoms with Gasteiger partial charge >= 0.3 is 0 Å². The highest BCUT2D eigenvalue weighted by atomic mass is 32.2. The second-order valence-corrected chi connectivity index (χ2v) is 5.19. The summed E-state index contributed by atoms with van der Waals surface area (Å²) in [4.78, 5) is 5.92. The topological polar surface area (TPSA) is 24.4 Å². The largest absolute Gasteiger partial charge is 0.365 e. The molecule has 0 spiro atoms. The number of thioether (sulfide) groups is 1. The minimum atomic E-state index is 0.986. The quantitative estimate of drug-likeness (QED) is 0.838. The van der Waals surface area contributed by atoms with E-state index < -0.39 is 0 Å². The summed E-state index contributed by atoms with van der Waals surface area (Å²) in [5.74, 6) is 1.05. The van der Waals surface area contributed by atoms with E-state index in [1.54, 1.807) is 0 Å². The van der Waals surface area contributed by atoms with E-state index in [1.807, 2.05) is 23.1 Å². The molecule has 14 heavy (non-hydrogen) atoms. The molecule has 4 heteroatoms. The summed E-state index contributed by atoms with van der Waals surface area (Å²) in [7, 11) is 0. The van der Waals surface area contributed by atoms with Crippen LogP contribution >= 0.6 is 23.1 Å². The van der Waals surface area contributed by atoms with Crippen LogP contribution in [0.15, 0.2) is 22.5 Å². The Balaban J connectivity index is 1.82. The lowest BCUT2D eigenvalue weighted by molar-refractivity contribution is 0.750. The molecule has 0 saturated carbocycles. The van der Waals surface area contributed by atoms with Gasteiger partial charge in [0, 0.05) is 23.7 Å². The lowest BCUT2D eigenvalue weighted by Crippen LogP contribution is -2.19. The molecule has 1 N–H and O–H groups in total. The second kappa shape index (κ2) is 5.41. The molecule has 0 aromatic carbocycles. The van der Waals surface area contributed by atoms with Crippen molar-refractivity contribution in [3.05, 3.63) is 22.4 Å². The van der Waals surface area contributed by atoms with Gasteiger partial charge in [-0.3, -0.25) is 4.99 Å². The summed E-state index contributed by atoms with van der Waals surface area (Å²) in [5.41, 5.74) is 0. The maximum absolute atomic E-state index is 4.50. The van der Waals surface area contributed by atoms with E-state index in [4.69, 9.17) is 0 Å². The number of hydrogen-bond donors (Lipinski definition) is 1. The van der Waals surface area contributed by atoms with Crippen molar-refractivity contribution >= 4 is 28.3 Å². The Bertz CT molecular complexity index is 293. The Labute approximate surface area is 92.8 Å². The van der Waals surface area contributed by atoms with Crippen LogP contribution in [0.2, 0.25) is 0 Å². The molecule has 1 aromatic rings. The van der Waals surface area contributed by atoms with Crippen molar-refractivity contribution in [1.29, 1.82) is 0 Å². The summed E-state index contributed by atoms with van der Waals surface area (Å²) in [6.07, 6.45) is 2.46. The third kappa shape index (κ3) is 3.03. The van der Waals surface area contributed by atoms with Gasteiger partial charge in [-0.1, -0.05) is 17.8 Å². The van der Waals surface area contributed by atoms with Gasteiger partial charge in [-0.15, -0.1) is 11.3 Å². The molecule has 2 rings (SSSR count). The first kappa shape index (κ1) is 10.1. The van der Waals surface area contributed by atoms with Crippen LogP contribution in [-0.2, 0) is 5.75 Å². The molecule has 0 unspecified atom stereocenters. The van der Waals surface area contributed by atoms with Crippen molar-refractivity contribution in [3.63, 3.8) is 0 Å². The van der Waals surface area contributed by atoms with E-state index in [9.17, 15) is 0 Å². The molecular formula is C10H14N2S2. The van der Waals surface area contributed by atoms with Gasteiger partial charge in [-0.2, -0.15) is 0 Å². The Hall–Kier alpha value is -0.480. The molecule has 0 fully saturated rings. The Morgan fingerprint density at radius 2 is 2.50 bits per heavy atom. The summed E-state index contributed by atoms with van der Waals surface area (Å²) in [6, 6.07) is 4.28. The van der Waals surface area contributed by atoms with E-state index in [2.05, 4.69) is 27.8 Å². The number of amidine groups is 1. The van der Waals surface area contributed by atoms with Gasteiger partial charge in [-0.05, 0) is 24.3 Å². The van der Waals surface area contributed by atoms with Crippen molar-refractivity contribution in [2.75, 3.05) is 13.1 Å². The van der Waals surface area contributed by atoms with Crippen molar-refractivity contribution in [2.24, 2.45) is 4.99 Å². The molecular weight excluding hydrogens is 212 g/mol. The van der Waals surface area contributed by atoms with E-state index in [1.165, 1.54) is 17.7 Å². The highest BCUT2D eigenvalue weighted by Gasteiger charge is 2.04. The van der Waals surface area contributed by atoms with Crippen LogP contribution in [-0.4, -0.2) is 18.3 Å². The first-order chi connectivity index (χ1) is 6.95. The van der Waals surface area contributed by atoms with Crippen LogP contribution in [0.25, 0.3) is 0 Å². The number of nitrogens with one attached hydrogen (secondary N) is 1. The van der Waals surface area contributed by atoms with Gasteiger partial charge in [0.05, 0.1) is 0 Å². The van der Waals surface area contributed by atoms with Crippen LogP contribution < -0.4 is 5.32 Å². The molecule has 0 radical (unpaired) electrons. The van der Waals surface area contributed by atoms with Gasteiger partial charge in [0.2, 0.25) is 0 Å². The highest BCUT2D eigenvalue weighted by Crippen LogP contribution is 2.18. The second-order valence-electron chi connectivity index (χ2n) is 3.19. The average Bonchev–Trinajstić information content (AvgIpc) is 2.58. The predicted molar refractivity (Wildman–Crippen MR) is 65.2 cm³/mol. The predicted octanol–water partition coefficient (Wildman–Crippen LogP) is 2.72. The molecule has 76 valence electrons. The fourth-order valence-electron chi connectivity index (χ4n) is 1.30. The van der Waals surface area contributed by atoms with Crippen LogP contribution in [0, 0.1) is 0 Å². The average molecular weight is 226 g/mol. The molecule has 2 nitrogen and oxygen atoms in total. The molecule has 0 saturated heterocycles. The summed E-state index contributed by atoms with van der Waals surface area (Å²) >= 11 is 3.63. The van der Waals surface area contributed by atoms with Crippen LogP contribution in [0.4, 0.5) is 0 Å². The minimum Gasteiger partial charge on any atom is -0.365 e. The molecule has 0 atom stereocenters. The molecule has 0 amide bonds. The lowest BCUT2D eigenvalue weighted by Gasteiger charge is -2.04. The van der Waals surface area contributed by atoms with Crippen LogP contribution in [0.1, 0.15) is 17.7 Å². The highest BCUT2D eigenvalue weighted by molar-refractivity contribution is 8.13. The van der Waals surface area contributed by atoms with Crippen molar-refractivity contribution < 1.29 is 0 Å². The first-order valence-corrected chi connectivity index (χ1v) is 6.75. The van der Waals surface area contributed by atoms with Crippen molar-refractivity contribution in [2.45, 2.75) is 18.6 Å². The summed E-state index contributed by atoms with van der Waals surface area (Å²) in [6.45, 7) is 2.07. The first-order valence-electron chi connectivity index (χ1n) is 4.88. The maximum atomic E-state index is 4.50. The van der Waals surface area contributed by atoms with E-state index in [-0.39, 0.29) is 0 Å². The van der Waals surface area contributed by atoms with Gasteiger partial charge in [-0.25, -0.2) is 0 Å². The molecule has 0 bridgehead atoms. The molecule has 1 aliphatic rings. The van der Waals surface area contributed by atoms with Gasteiger partial charge < -0.3 is 5.32 Å². The number of hydrogen-bond acceptors (Lipinski definition) is 4. The smallest absolute Gasteiger partial charge is 0.156 e. The van der Waals surface area contributed by atoms with Crippen molar-refractivity contribution in [1.82, 2.24) is 5.32 Å². The standard InChI is InChI=1S/C10H14N2S2/c1-2-6-12-10(11-5-1)14-8-9-4-3-7-13-9/h3-4,7H,1-2,5-6,8H2,(H,11,12). The molecule has 1 aromatic heterocycles. The minimum absolute atomic E-state index is 0.986. The fraction of sp³-hybridized carbons (Fsp3) is 0.500. The van der Waals surface area contributed by atoms with Crippen LogP contribution in [0.5, 0.6) is 0 Å². The zero-order valence-corrected chi connectivity index (χ0v) is 9.66. The summed E-state index contributed by atoms with van der Waals surface area (Å²) < 4.78 is 0. The monoisotopic (exact) mass is 226 g/mol. The van der Waals surface area contributed by atoms with Crippen molar-refractivity contribution in [3.8, 4) is 0 Å². The molecule has 0 aliphatic carbocycles. The number of aliphatic imine (C=N–C) groups is 1. The zero-order chi connectivity index (χ0) is 9.64. The zero-order valence-electron chi connectivity index (χ0n) is 8.03. The van der Waals surface area contributed by atoms with Crippen LogP contribution in [0.3, 0.4) is 0 Å². The van der Waals surface area contributed by atoms with E-state index in [0.717, 1.165) is 24.0 Å². The maximum Gasteiger partial charge on any atom is 0.156 e. The lowest BCUT2D eigenvalue weighted by atomic mass is 10.3. The van der Waals surface area contributed by atoms with Gasteiger partial charge in [0.15, 0.2) is 5.17 Å². The van der Waals surface area contributed by atoms with E-state index in [0.29, 0.717) is 0 Å². The number of rotatable bonds is 2. The molecule has 1 aliphatic heterocycles. The Morgan fingerprint density at radius 3 is 3.36 bits per heavy atom. The number of thiophene rings is 1. The Kier molecular flexibility index (Phi) is 3.89. The SMILES string of the molecule is c1csc(CSC2=NCCCCN2)c1. The fourth-order valence-corrected chi connectivity index (χ4v) is 3.00. The normalized spacial score (nSPS) is 17.0. The third-order valence-corrected chi connectivity index (χ3v) is 4.11. The summed E-state index contributed by atoms with van der Waals surface area (Å²) in [5, 5.41) is 6.61. The number of nitrogens with zero attached hydrogens (tertiary/aromatic N) is 1. The van der Waals surface area contributed by atoms with E-state index >= 15 is 0 Å².